The predicted molar refractivity (Wildman–Crippen MR) is 97.7 cm³/mol. The summed E-state index contributed by atoms with van der Waals surface area (Å²) in [5.74, 6) is -0.196. The van der Waals surface area contributed by atoms with Gasteiger partial charge < -0.3 is 9.52 Å². The van der Waals surface area contributed by atoms with Gasteiger partial charge in [-0.2, -0.15) is 5.10 Å². The largest absolute Gasteiger partial charge is 0.506 e. The number of nitrogens with zero attached hydrogens (tertiary/aromatic N) is 1. The van der Waals surface area contributed by atoms with Gasteiger partial charge in [-0.3, -0.25) is 4.79 Å². The molecule has 1 aromatic heterocycles. The maximum absolute atomic E-state index is 12.0. The number of hydrogen-bond acceptors (Lipinski definition) is 4. The van der Waals surface area contributed by atoms with E-state index in [0.717, 1.165) is 4.47 Å². The summed E-state index contributed by atoms with van der Waals surface area (Å²) in [5, 5.41) is 13.6. The Morgan fingerprint density at radius 3 is 2.62 bits per heavy atom. The van der Waals surface area contributed by atoms with Gasteiger partial charge >= 0.3 is 0 Å². The number of phenols is 1. The van der Waals surface area contributed by atoms with Gasteiger partial charge in [0.2, 0.25) is 0 Å². The number of hydrogen-bond donors (Lipinski definition) is 2. The molecule has 2 rings (SSSR count). The summed E-state index contributed by atoms with van der Waals surface area (Å²) in [6, 6.07) is 4.86. The summed E-state index contributed by atoms with van der Waals surface area (Å²) in [6.07, 6.45) is 1.37. The van der Waals surface area contributed by atoms with E-state index in [1.807, 2.05) is 22.6 Å². The number of rotatable bonds is 3. The average molecular weight is 593 g/mol. The molecule has 0 fully saturated rings. The van der Waals surface area contributed by atoms with Crippen molar-refractivity contribution in [3.63, 3.8) is 0 Å². The molecule has 0 saturated heterocycles. The molecule has 0 aliphatic rings. The molecule has 0 aliphatic carbocycles. The standard InChI is InChI=1S/C12H6Br3IN2O3/c13-5-1-7(10(19)8(14)2-5)12(20)18-17-4-6-3-9(15)11(16)21-6/h1-4,19H,(H,18,20)/b17-4-. The van der Waals surface area contributed by atoms with E-state index >= 15 is 0 Å². The molecule has 1 heterocycles. The second-order valence-corrected chi connectivity index (χ2v) is 7.36. The van der Waals surface area contributed by atoms with E-state index in [0.29, 0.717) is 18.5 Å². The van der Waals surface area contributed by atoms with Crippen molar-refractivity contribution in [2.45, 2.75) is 0 Å². The van der Waals surface area contributed by atoms with Gasteiger partial charge in [0.15, 0.2) is 3.77 Å². The van der Waals surface area contributed by atoms with Crippen LogP contribution in [-0.4, -0.2) is 17.2 Å². The van der Waals surface area contributed by atoms with Crippen molar-refractivity contribution in [2.24, 2.45) is 5.10 Å². The molecule has 0 saturated carbocycles. The zero-order valence-corrected chi connectivity index (χ0v) is 16.9. The highest BCUT2D eigenvalue weighted by molar-refractivity contribution is 14.1. The molecule has 2 N–H and O–H groups in total. The average Bonchev–Trinajstić information content (AvgIpc) is 2.72. The minimum atomic E-state index is -0.536. The number of aromatic hydroxyl groups is 1. The zero-order valence-electron chi connectivity index (χ0n) is 10.0. The lowest BCUT2D eigenvalue weighted by Crippen LogP contribution is -2.17. The van der Waals surface area contributed by atoms with Crippen LogP contribution in [0.5, 0.6) is 5.75 Å². The lowest BCUT2D eigenvalue weighted by Gasteiger charge is -2.05. The van der Waals surface area contributed by atoms with Crippen molar-refractivity contribution < 1.29 is 14.3 Å². The number of halogens is 4. The molecule has 1 aromatic carbocycles. The van der Waals surface area contributed by atoms with Gasteiger partial charge in [-0.05, 0) is 44.0 Å². The van der Waals surface area contributed by atoms with Crippen LogP contribution >= 0.6 is 70.4 Å². The molecule has 0 radical (unpaired) electrons. The summed E-state index contributed by atoms with van der Waals surface area (Å²) < 4.78 is 7.91. The SMILES string of the molecule is O=C(N/N=C\c1cc(Br)c(I)o1)c1cc(Br)cc(Br)c1O. The first-order chi connectivity index (χ1) is 9.88. The van der Waals surface area contributed by atoms with Crippen molar-refractivity contribution in [1.29, 1.82) is 0 Å². The number of benzene rings is 1. The van der Waals surface area contributed by atoms with Crippen LogP contribution in [0.3, 0.4) is 0 Å². The first kappa shape index (κ1) is 17.0. The number of hydrazone groups is 1. The van der Waals surface area contributed by atoms with Gasteiger partial charge in [-0.25, -0.2) is 5.43 Å². The smallest absolute Gasteiger partial charge is 0.275 e. The lowest BCUT2D eigenvalue weighted by atomic mass is 10.2. The Hall–Kier alpha value is -0.390. The Bertz CT molecular complexity index is 711. The maximum atomic E-state index is 12.0. The number of carbonyl (C=O) groups is 1. The minimum absolute atomic E-state index is 0.101. The zero-order chi connectivity index (χ0) is 15.6. The van der Waals surface area contributed by atoms with Gasteiger partial charge in [0.1, 0.15) is 11.5 Å². The first-order valence-corrected chi connectivity index (χ1v) is 8.80. The molecule has 1 amide bonds. The fourth-order valence-electron chi connectivity index (χ4n) is 1.38. The van der Waals surface area contributed by atoms with Crippen LogP contribution in [0.4, 0.5) is 0 Å². The summed E-state index contributed by atoms with van der Waals surface area (Å²) in [7, 11) is 0. The topological polar surface area (TPSA) is 74.8 Å². The third kappa shape index (κ3) is 4.30. The number of furan rings is 1. The van der Waals surface area contributed by atoms with Gasteiger partial charge in [0, 0.05) is 33.1 Å². The van der Waals surface area contributed by atoms with E-state index < -0.39 is 5.91 Å². The van der Waals surface area contributed by atoms with Gasteiger partial charge in [0.05, 0.1) is 20.7 Å². The third-order valence-electron chi connectivity index (χ3n) is 2.29. The number of phenolic OH excluding ortho intramolecular Hbond substituents is 1. The molecule has 5 nitrogen and oxygen atoms in total. The molecule has 9 heteroatoms. The fourth-order valence-corrected chi connectivity index (χ4v) is 3.32. The monoisotopic (exact) mass is 590 g/mol. The van der Waals surface area contributed by atoms with Crippen molar-refractivity contribution in [2.75, 3.05) is 0 Å². The minimum Gasteiger partial charge on any atom is -0.506 e. The highest BCUT2D eigenvalue weighted by atomic mass is 127. The van der Waals surface area contributed by atoms with Crippen molar-refractivity contribution >= 4 is 82.5 Å². The third-order valence-corrected chi connectivity index (χ3v) is 5.49. The second-order valence-electron chi connectivity index (χ2n) is 3.75. The van der Waals surface area contributed by atoms with E-state index in [4.69, 9.17) is 4.42 Å². The Morgan fingerprint density at radius 1 is 1.29 bits per heavy atom. The summed E-state index contributed by atoms with van der Waals surface area (Å²) in [4.78, 5) is 12.0. The second kappa shape index (κ2) is 7.25. The van der Waals surface area contributed by atoms with Crippen molar-refractivity contribution in [3.05, 3.63) is 46.7 Å². The molecule has 0 aliphatic heterocycles. The molecular weight excluding hydrogens is 587 g/mol. The maximum Gasteiger partial charge on any atom is 0.275 e. The van der Waals surface area contributed by atoms with Crippen LogP contribution in [0.25, 0.3) is 0 Å². The van der Waals surface area contributed by atoms with Crippen LogP contribution in [0.2, 0.25) is 0 Å². The van der Waals surface area contributed by atoms with E-state index in [1.54, 1.807) is 12.1 Å². The highest BCUT2D eigenvalue weighted by Gasteiger charge is 2.14. The molecule has 0 unspecified atom stereocenters. The van der Waals surface area contributed by atoms with E-state index in [1.165, 1.54) is 12.3 Å². The van der Waals surface area contributed by atoms with E-state index in [9.17, 15) is 9.90 Å². The normalized spacial score (nSPS) is 11.0. The van der Waals surface area contributed by atoms with Gasteiger partial charge in [0.25, 0.3) is 5.91 Å². The summed E-state index contributed by atoms with van der Waals surface area (Å²) >= 11 is 11.7. The van der Waals surface area contributed by atoms with Crippen LogP contribution < -0.4 is 5.43 Å². The molecule has 0 atom stereocenters. The van der Waals surface area contributed by atoms with Crippen LogP contribution in [0, 0.1) is 3.77 Å². The Labute approximate surface area is 158 Å². The highest BCUT2D eigenvalue weighted by Crippen LogP contribution is 2.31. The Balaban J connectivity index is 2.12. The Kier molecular flexibility index (Phi) is 5.86. The molecular formula is C12H6Br3IN2O3. The quantitative estimate of drug-likeness (QED) is 0.310. The number of amides is 1. The molecule has 110 valence electrons. The molecule has 0 bridgehead atoms. The van der Waals surface area contributed by atoms with Crippen LogP contribution in [-0.2, 0) is 0 Å². The summed E-state index contributed by atoms with van der Waals surface area (Å²) in [5.41, 5.74) is 2.42. The molecule has 2 aromatic rings. The van der Waals surface area contributed by atoms with E-state index in [-0.39, 0.29) is 11.3 Å². The van der Waals surface area contributed by atoms with Crippen molar-refractivity contribution in [1.82, 2.24) is 5.43 Å². The van der Waals surface area contributed by atoms with Gasteiger partial charge in [-0.15, -0.1) is 0 Å². The fraction of sp³-hybridized carbons (Fsp3) is 0. The molecule has 21 heavy (non-hydrogen) atoms. The van der Waals surface area contributed by atoms with Crippen LogP contribution in [0.1, 0.15) is 16.1 Å². The van der Waals surface area contributed by atoms with Crippen molar-refractivity contribution in [3.8, 4) is 5.75 Å². The number of nitrogens with one attached hydrogen (secondary N) is 1. The van der Waals surface area contributed by atoms with Gasteiger partial charge in [-0.1, -0.05) is 15.9 Å². The number of carbonyl (C=O) groups excluding carboxylic acids is 1. The van der Waals surface area contributed by atoms with E-state index in [2.05, 4.69) is 58.3 Å². The summed E-state index contributed by atoms with van der Waals surface area (Å²) in [6.45, 7) is 0. The predicted octanol–water partition coefficient (Wildman–Crippen LogP) is 4.64. The lowest BCUT2D eigenvalue weighted by molar-refractivity contribution is 0.0952. The van der Waals surface area contributed by atoms with Crippen LogP contribution in [0.15, 0.2) is 41.1 Å². The first-order valence-electron chi connectivity index (χ1n) is 5.34. The Morgan fingerprint density at radius 2 is 2.00 bits per heavy atom. The molecule has 0 spiro atoms.